The molecule has 3 aromatic carbocycles. The van der Waals surface area contributed by atoms with Crippen LogP contribution in [0.5, 0.6) is 17.2 Å². The predicted octanol–water partition coefficient (Wildman–Crippen LogP) is 6.32. The monoisotopic (exact) mass is 445 g/mol. The number of hydrogen-bond donors (Lipinski definition) is 1. The Morgan fingerprint density at radius 2 is 1.61 bits per heavy atom. The number of anilines is 1. The lowest BCUT2D eigenvalue weighted by Gasteiger charge is -2.13. The highest BCUT2D eigenvalue weighted by Gasteiger charge is 2.09. The number of ether oxygens (including phenoxy) is 3. The van der Waals surface area contributed by atoms with E-state index in [9.17, 15) is 4.79 Å². The van der Waals surface area contributed by atoms with E-state index in [0.29, 0.717) is 37.2 Å². The van der Waals surface area contributed by atoms with Crippen molar-refractivity contribution in [3.8, 4) is 17.2 Å². The zero-order chi connectivity index (χ0) is 23.5. The molecule has 0 bridgehead atoms. The number of nitrogens with one attached hydrogen (secondary N) is 1. The number of benzene rings is 3. The van der Waals surface area contributed by atoms with Crippen LogP contribution in [0.2, 0.25) is 0 Å². The lowest BCUT2D eigenvalue weighted by molar-refractivity contribution is -0.111. The molecule has 172 valence electrons. The van der Waals surface area contributed by atoms with Crippen LogP contribution in [0.25, 0.3) is 6.08 Å². The lowest BCUT2D eigenvalue weighted by atomic mass is 10.0. The number of rotatable bonds is 11. The first-order valence-electron chi connectivity index (χ1n) is 11.2. The van der Waals surface area contributed by atoms with Crippen LogP contribution in [-0.4, -0.2) is 25.7 Å². The van der Waals surface area contributed by atoms with Gasteiger partial charge in [0, 0.05) is 11.8 Å². The summed E-state index contributed by atoms with van der Waals surface area (Å²) < 4.78 is 17.3. The zero-order valence-corrected chi connectivity index (χ0v) is 19.4. The van der Waals surface area contributed by atoms with E-state index in [1.165, 1.54) is 6.08 Å². The highest BCUT2D eigenvalue weighted by atomic mass is 16.5. The van der Waals surface area contributed by atoms with Gasteiger partial charge in [-0.3, -0.25) is 4.79 Å². The number of hydrogen-bond acceptors (Lipinski definition) is 4. The van der Waals surface area contributed by atoms with Gasteiger partial charge in [-0.2, -0.15) is 0 Å². The Morgan fingerprint density at radius 3 is 2.36 bits per heavy atom. The Morgan fingerprint density at radius 1 is 0.879 bits per heavy atom. The number of carbonyl (C=O) groups is 1. The Labute approximate surface area is 196 Å². The summed E-state index contributed by atoms with van der Waals surface area (Å²) in [6.45, 7) is 7.46. The van der Waals surface area contributed by atoms with Crippen molar-refractivity contribution in [2.45, 2.75) is 26.7 Å². The van der Waals surface area contributed by atoms with Crippen molar-refractivity contribution in [1.29, 1.82) is 0 Å². The molecule has 0 aromatic heterocycles. The van der Waals surface area contributed by atoms with Gasteiger partial charge in [0.2, 0.25) is 5.91 Å². The Hall–Kier alpha value is -3.73. The van der Waals surface area contributed by atoms with Crippen LogP contribution in [0.1, 0.15) is 37.8 Å². The maximum Gasteiger partial charge on any atom is 0.248 e. The summed E-state index contributed by atoms with van der Waals surface area (Å²) in [7, 11) is 0. The SMILES string of the molecule is CCOc1cc(C=CC(=O)Nc2ccccc2C(C)C)ccc1OCCOc1ccccc1. The number of para-hydroxylation sites is 2. The first-order valence-corrected chi connectivity index (χ1v) is 11.2. The van der Waals surface area contributed by atoms with E-state index in [4.69, 9.17) is 14.2 Å². The lowest BCUT2D eigenvalue weighted by Crippen LogP contribution is -2.10. The molecular formula is C28H31NO4. The second-order valence-electron chi connectivity index (χ2n) is 7.71. The van der Waals surface area contributed by atoms with E-state index in [0.717, 1.165) is 22.6 Å². The van der Waals surface area contributed by atoms with Crippen LogP contribution in [0.3, 0.4) is 0 Å². The molecule has 0 aliphatic carbocycles. The standard InChI is InChI=1S/C28H31NO4/c1-4-31-27-20-22(14-16-26(27)33-19-18-32-23-10-6-5-7-11-23)15-17-28(30)29-25-13-9-8-12-24(25)21(2)3/h5-17,20-21H,4,18-19H2,1-3H3,(H,29,30). The minimum atomic E-state index is -0.181. The molecule has 0 spiro atoms. The highest BCUT2D eigenvalue weighted by molar-refractivity contribution is 6.02. The summed E-state index contributed by atoms with van der Waals surface area (Å²) in [5, 5.41) is 2.97. The van der Waals surface area contributed by atoms with Crippen LogP contribution in [0.4, 0.5) is 5.69 Å². The molecule has 5 nitrogen and oxygen atoms in total. The molecule has 1 amide bonds. The first-order chi connectivity index (χ1) is 16.1. The van der Waals surface area contributed by atoms with Crippen molar-refractivity contribution in [2.75, 3.05) is 25.1 Å². The van der Waals surface area contributed by atoms with Crippen molar-refractivity contribution in [2.24, 2.45) is 0 Å². The maximum absolute atomic E-state index is 12.5. The third kappa shape index (κ3) is 7.42. The van der Waals surface area contributed by atoms with Gasteiger partial charge < -0.3 is 19.5 Å². The van der Waals surface area contributed by atoms with Crippen LogP contribution in [0.15, 0.2) is 78.9 Å². The van der Waals surface area contributed by atoms with Gasteiger partial charge in [0.15, 0.2) is 11.5 Å². The van der Waals surface area contributed by atoms with E-state index in [1.807, 2.05) is 79.7 Å². The molecule has 0 aliphatic heterocycles. The predicted molar refractivity (Wildman–Crippen MR) is 133 cm³/mol. The molecule has 0 radical (unpaired) electrons. The molecule has 0 atom stereocenters. The van der Waals surface area contributed by atoms with Gasteiger partial charge in [-0.05, 0) is 60.4 Å². The second-order valence-corrected chi connectivity index (χ2v) is 7.71. The molecular weight excluding hydrogens is 414 g/mol. The van der Waals surface area contributed by atoms with E-state index in [-0.39, 0.29) is 5.91 Å². The van der Waals surface area contributed by atoms with Gasteiger partial charge in [0.1, 0.15) is 19.0 Å². The molecule has 3 rings (SSSR count). The van der Waals surface area contributed by atoms with E-state index in [2.05, 4.69) is 19.2 Å². The van der Waals surface area contributed by atoms with E-state index >= 15 is 0 Å². The summed E-state index contributed by atoms with van der Waals surface area (Å²) in [6.07, 6.45) is 3.29. The van der Waals surface area contributed by atoms with Gasteiger partial charge in [0.25, 0.3) is 0 Å². The van der Waals surface area contributed by atoms with E-state index in [1.54, 1.807) is 6.08 Å². The van der Waals surface area contributed by atoms with Crippen molar-refractivity contribution in [1.82, 2.24) is 0 Å². The van der Waals surface area contributed by atoms with E-state index < -0.39 is 0 Å². The fourth-order valence-corrected chi connectivity index (χ4v) is 3.30. The van der Waals surface area contributed by atoms with Gasteiger partial charge in [-0.15, -0.1) is 0 Å². The highest BCUT2D eigenvalue weighted by Crippen LogP contribution is 2.29. The maximum atomic E-state index is 12.5. The smallest absolute Gasteiger partial charge is 0.248 e. The van der Waals surface area contributed by atoms with Crippen molar-refractivity contribution < 1.29 is 19.0 Å². The zero-order valence-electron chi connectivity index (χ0n) is 19.4. The molecule has 33 heavy (non-hydrogen) atoms. The average molecular weight is 446 g/mol. The minimum Gasteiger partial charge on any atom is -0.490 e. The molecule has 3 aromatic rings. The number of amides is 1. The molecule has 1 N–H and O–H groups in total. The molecule has 0 saturated heterocycles. The average Bonchev–Trinajstić information content (AvgIpc) is 2.82. The van der Waals surface area contributed by atoms with Crippen LogP contribution in [0, 0.1) is 0 Å². The van der Waals surface area contributed by atoms with Gasteiger partial charge in [-0.25, -0.2) is 0 Å². The van der Waals surface area contributed by atoms with Gasteiger partial charge >= 0.3 is 0 Å². The molecule has 0 fully saturated rings. The fraction of sp³-hybridized carbons (Fsp3) is 0.250. The third-order valence-corrected chi connectivity index (χ3v) is 4.89. The molecule has 0 saturated carbocycles. The normalized spacial score (nSPS) is 10.9. The second kappa shape index (κ2) is 12.3. The third-order valence-electron chi connectivity index (χ3n) is 4.89. The molecule has 0 aliphatic rings. The Balaban J connectivity index is 1.59. The summed E-state index contributed by atoms with van der Waals surface area (Å²) in [6, 6.07) is 23.1. The first kappa shape index (κ1) is 23.9. The van der Waals surface area contributed by atoms with Crippen molar-refractivity contribution in [3.63, 3.8) is 0 Å². The summed E-state index contributed by atoms with van der Waals surface area (Å²) in [5.74, 6) is 2.22. The topological polar surface area (TPSA) is 56.8 Å². The van der Waals surface area contributed by atoms with Crippen LogP contribution < -0.4 is 19.5 Å². The summed E-state index contributed by atoms with van der Waals surface area (Å²) in [5.41, 5.74) is 2.79. The fourth-order valence-electron chi connectivity index (χ4n) is 3.30. The number of carbonyl (C=O) groups excluding carboxylic acids is 1. The van der Waals surface area contributed by atoms with Gasteiger partial charge in [-0.1, -0.05) is 56.3 Å². The van der Waals surface area contributed by atoms with Crippen molar-refractivity contribution >= 4 is 17.7 Å². The molecule has 5 heteroatoms. The quantitative estimate of drug-likeness (QED) is 0.277. The molecule has 0 unspecified atom stereocenters. The van der Waals surface area contributed by atoms with Crippen LogP contribution >= 0.6 is 0 Å². The summed E-state index contributed by atoms with van der Waals surface area (Å²) >= 11 is 0. The molecule has 0 heterocycles. The Bertz CT molecular complexity index is 1060. The summed E-state index contributed by atoms with van der Waals surface area (Å²) in [4.78, 5) is 12.5. The Kier molecular flexibility index (Phi) is 8.95. The van der Waals surface area contributed by atoms with Crippen LogP contribution in [-0.2, 0) is 4.79 Å². The largest absolute Gasteiger partial charge is 0.490 e. The minimum absolute atomic E-state index is 0.181. The van der Waals surface area contributed by atoms with Gasteiger partial charge in [0.05, 0.1) is 6.61 Å². The van der Waals surface area contributed by atoms with Crippen molar-refractivity contribution in [3.05, 3.63) is 90.0 Å².